The Hall–Kier alpha value is -1.74. The molecule has 0 atom stereocenters. The molecule has 0 heterocycles. The summed E-state index contributed by atoms with van der Waals surface area (Å²) in [5.41, 5.74) is 2.22. The van der Waals surface area contributed by atoms with E-state index in [-0.39, 0.29) is 0 Å². The van der Waals surface area contributed by atoms with E-state index in [9.17, 15) is 0 Å². The summed E-state index contributed by atoms with van der Waals surface area (Å²) in [6, 6.07) is 12.4. The molecule has 0 fully saturated rings. The van der Waals surface area contributed by atoms with E-state index in [0.717, 1.165) is 5.56 Å². The van der Waals surface area contributed by atoms with Gasteiger partial charge >= 0.3 is 0 Å². The molecule has 0 heteroatoms. The van der Waals surface area contributed by atoms with Crippen molar-refractivity contribution in [3.63, 3.8) is 0 Å². The summed E-state index contributed by atoms with van der Waals surface area (Å²) in [7, 11) is 0. The molecular formula is C15H15. The minimum absolute atomic E-state index is 0.941. The fourth-order valence-electron chi connectivity index (χ4n) is 1.45. The molecule has 0 saturated heterocycles. The van der Waals surface area contributed by atoms with Gasteiger partial charge in [0.05, 0.1) is 0 Å². The third kappa shape index (κ3) is 2.60. The molecule has 0 bridgehead atoms. The van der Waals surface area contributed by atoms with Gasteiger partial charge in [0.1, 0.15) is 0 Å². The van der Waals surface area contributed by atoms with Crippen molar-refractivity contribution >= 4 is 10.8 Å². The quantitative estimate of drug-likeness (QED) is 0.558. The van der Waals surface area contributed by atoms with Crippen molar-refractivity contribution < 1.29 is 0 Å². The molecule has 75 valence electrons. The second kappa shape index (κ2) is 5.22. The summed E-state index contributed by atoms with van der Waals surface area (Å²) in [5, 5.41) is 2.46. The first-order valence-corrected chi connectivity index (χ1v) is 4.97. The highest BCUT2D eigenvalue weighted by Crippen LogP contribution is 2.16. The van der Waals surface area contributed by atoms with Crippen molar-refractivity contribution in [3.05, 3.63) is 54.4 Å². The molecule has 0 N–H and O–H groups in total. The zero-order valence-corrected chi connectivity index (χ0v) is 9.25. The highest BCUT2D eigenvalue weighted by Gasteiger charge is 1.94. The first kappa shape index (κ1) is 11.3. The molecule has 0 spiro atoms. The van der Waals surface area contributed by atoms with Gasteiger partial charge in [-0.3, -0.25) is 0 Å². The fourth-order valence-corrected chi connectivity index (χ4v) is 1.45. The molecule has 0 amide bonds. The monoisotopic (exact) mass is 195 g/mol. The fraction of sp³-hybridized carbons (Fsp3) is 0.133. The topological polar surface area (TPSA) is 0 Å². The molecule has 0 unspecified atom stereocenters. The summed E-state index contributed by atoms with van der Waals surface area (Å²) in [6.07, 6.45) is 5.32. The van der Waals surface area contributed by atoms with Crippen molar-refractivity contribution in [2.24, 2.45) is 0 Å². The number of hydrogen-bond donors (Lipinski definition) is 0. The molecule has 2 aromatic carbocycles. The number of benzene rings is 2. The third-order valence-corrected chi connectivity index (χ3v) is 2.16. The molecule has 2 aromatic rings. The van der Waals surface area contributed by atoms with Crippen LogP contribution in [0.2, 0.25) is 0 Å². The SMILES string of the molecule is C#Cc1ccc2cc(C)ccc2c1.[CH2]C. The van der Waals surface area contributed by atoms with Crippen LogP contribution in [0.25, 0.3) is 10.8 Å². The van der Waals surface area contributed by atoms with Crippen LogP contribution >= 0.6 is 0 Å². The van der Waals surface area contributed by atoms with Gasteiger partial charge in [0.2, 0.25) is 0 Å². The molecule has 0 aliphatic rings. The van der Waals surface area contributed by atoms with Gasteiger partial charge in [0, 0.05) is 5.56 Å². The average Bonchev–Trinajstić information content (AvgIpc) is 2.31. The Labute approximate surface area is 91.9 Å². The van der Waals surface area contributed by atoms with Gasteiger partial charge in [-0.25, -0.2) is 0 Å². The minimum atomic E-state index is 0.941. The van der Waals surface area contributed by atoms with Crippen molar-refractivity contribution in [2.75, 3.05) is 0 Å². The second-order valence-corrected chi connectivity index (χ2v) is 3.21. The number of terminal acetylenes is 1. The van der Waals surface area contributed by atoms with Gasteiger partial charge in [0.15, 0.2) is 0 Å². The van der Waals surface area contributed by atoms with E-state index >= 15 is 0 Å². The van der Waals surface area contributed by atoms with Crippen LogP contribution in [0.5, 0.6) is 0 Å². The van der Waals surface area contributed by atoms with E-state index in [2.05, 4.69) is 44.0 Å². The summed E-state index contributed by atoms with van der Waals surface area (Å²) >= 11 is 0. The van der Waals surface area contributed by atoms with Gasteiger partial charge < -0.3 is 0 Å². The van der Waals surface area contributed by atoms with E-state index in [1.165, 1.54) is 16.3 Å². The lowest BCUT2D eigenvalue weighted by molar-refractivity contribution is 1.50. The van der Waals surface area contributed by atoms with E-state index in [0.29, 0.717) is 0 Å². The van der Waals surface area contributed by atoms with E-state index in [4.69, 9.17) is 6.42 Å². The van der Waals surface area contributed by atoms with E-state index < -0.39 is 0 Å². The Morgan fingerprint density at radius 1 is 1.00 bits per heavy atom. The van der Waals surface area contributed by atoms with Crippen LogP contribution in [0.15, 0.2) is 36.4 Å². The molecule has 0 aliphatic heterocycles. The number of hydrogen-bond acceptors (Lipinski definition) is 0. The summed E-state index contributed by atoms with van der Waals surface area (Å²) in [6.45, 7) is 7.09. The van der Waals surface area contributed by atoms with E-state index in [1.54, 1.807) is 6.92 Å². The van der Waals surface area contributed by atoms with Crippen molar-refractivity contribution in [3.8, 4) is 12.3 Å². The smallest absolute Gasteiger partial charge is 0.0248 e. The normalized spacial score (nSPS) is 8.93. The lowest BCUT2D eigenvalue weighted by Gasteiger charge is -1.99. The van der Waals surface area contributed by atoms with Crippen LogP contribution in [-0.2, 0) is 0 Å². The lowest BCUT2D eigenvalue weighted by Crippen LogP contribution is -1.77. The van der Waals surface area contributed by atoms with Crippen LogP contribution in [-0.4, -0.2) is 0 Å². The number of rotatable bonds is 0. The lowest BCUT2D eigenvalue weighted by atomic mass is 10.1. The van der Waals surface area contributed by atoms with Gasteiger partial charge in [-0.15, -0.1) is 6.42 Å². The molecule has 2 rings (SSSR count). The maximum Gasteiger partial charge on any atom is 0.0248 e. The second-order valence-electron chi connectivity index (χ2n) is 3.21. The third-order valence-electron chi connectivity index (χ3n) is 2.16. The predicted octanol–water partition coefficient (Wildman–Crippen LogP) is 3.97. The minimum Gasteiger partial charge on any atom is -0.115 e. The van der Waals surface area contributed by atoms with Crippen molar-refractivity contribution in [1.29, 1.82) is 0 Å². The highest BCUT2D eigenvalue weighted by atomic mass is 14.0. The van der Waals surface area contributed by atoms with Crippen molar-refractivity contribution in [1.82, 2.24) is 0 Å². The van der Waals surface area contributed by atoms with Crippen LogP contribution in [0, 0.1) is 26.2 Å². The van der Waals surface area contributed by atoms with Crippen molar-refractivity contribution in [2.45, 2.75) is 13.8 Å². The standard InChI is InChI=1S/C13H10.C2H5/c1-3-11-5-7-12-8-10(2)4-6-13(12)9-11;1-2/h1,4-9H,2H3;1H2,2H3. The molecule has 0 saturated carbocycles. The Morgan fingerprint density at radius 3 is 2.27 bits per heavy atom. The van der Waals surface area contributed by atoms with Gasteiger partial charge in [-0.1, -0.05) is 49.6 Å². The maximum absolute atomic E-state index is 5.32. The number of aryl methyl sites for hydroxylation is 1. The zero-order chi connectivity index (χ0) is 11.3. The van der Waals surface area contributed by atoms with Gasteiger partial charge in [0.25, 0.3) is 0 Å². The summed E-state index contributed by atoms with van der Waals surface area (Å²) in [4.78, 5) is 0. The Balaban J connectivity index is 0.000000531. The highest BCUT2D eigenvalue weighted by molar-refractivity contribution is 5.84. The zero-order valence-electron chi connectivity index (χ0n) is 9.25. The molecule has 0 aromatic heterocycles. The summed E-state index contributed by atoms with van der Waals surface area (Å²) < 4.78 is 0. The Morgan fingerprint density at radius 2 is 1.60 bits per heavy atom. The van der Waals surface area contributed by atoms with Gasteiger partial charge in [-0.05, 0) is 29.8 Å². The van der Waals surface area contributed by atoms with Crippen LogP contribution in [0.3, 0.4) is 0 Å². The van der Waals surface area contributed by atoms with Gasteiger partial charge in [-0.2, -0.15) is 0 Å². The molecule has 0 aliphatic carbocycles. The van der Waals surface area contributed by atoms with Crippen LogP contribution in [0.4, 0.5) is 0 Å². The van der Waals surface area contributed by atoms with E-state index in [1.807, 2.05) is 12.1 Å². The molecular weight excluding hydrogens is 180 g/mol. The first-order valence-electron chi connectivity index (χ1n) is 4.97. The average molecular weight is 195 g/mol. The molecule has 1 radical (unpaired) electrons. The molecule has 15 heavy (non-hydrogen) atoms. The first-order chi connectivity index (χ1) is 7.29. The maximum atomic E-state index is 5.32. The molecule has 0 nitrogen and oxygen atoms in total. The van der Waals surface area contributed by atoms with Crippen LogP contribution < -0.4 is 0 Å². The van der Waals surface area contributed by atoms with Crippen LogP contribution in [0.1, 0.15) is 18.1 Å². The Bertz CT molecular complexity index is 487. The summed E-state index contributed by atoms with van der Waals surface area (Å²) in [5.74, 6) is 2.63. The number of fused-ring (bicyclic) bond motifs is 1. The predicted molar refractivity (Wildman–Crippen MR) is 67.7 cm³/mol. The Kier molecular flexibility index (Phi) is 3.94. The largest absolute Gasteiger partial charge is 0.115 e.